The first-order chi connectivity index (χ1) is 10.5. The maximum absolute atomic E-state index is 11.0. The molecule has 1 aromatic rings. The fourth-order valence-corrected chi connectivity index (χ4v) is 2.55. The number of methoxy groups -OCH3 is 1. The number of carboxylic acid groups (broad SMARTS) is 1. The fraction of sp³-hybridized carbons (Fsp3) is 0.538. The van der Waals surface area contributed by atoms with Crippen molar-refractivity contribution in [2.75, 3.05) is 12.4 Å². The second-order valence-corrected chi connectivity index (χ2v) is 5.12. The SMILES string of the molecule is COc1ccc([N+](=O)[O-])c(N[C@H]2CC[C@H](NC(=O)O)CC2)n1. The largest absolute Gasteiger partial charge is 0.481 e. The van der Waals surface area contributed by atoms with Crippen molar-refractivity contribution in [2.24, 2.45) is 0 Å². The molecule has 0 spiro atoms. The van der Waals surface area contributed by atoms with Crippen molar-refractivity contribution in [3.8, 4) is 5.88 Å². The minimum absolute atomic E-state index is 0.0187. The molecule has 1 aliphatic carbocycles. The lowest BCUT2D eigenvalue weighted by atomic mass is 9.91. The van der Waals surface area contributed by atoms with E-state index in [1.54, 1.807) is 0 Å². The van der Waals surface area contributed by atoms with Crippen LogP contribution in [0.1, 0.15) is 25.7 Å². The average Bonchev–Trinajstić information content (AvgIpc) is 2.48. The minimum Gasteiger partial charge on any atom is -0.481 e. The molecule has 0 saturated heterocycles. The topological polar surface area (TPSA) is 127 Å². The van der Waals surface area contributed by atoms with E-state index in [1.807, 2.05) is 0 Å². The van der Waals surface area contributed by atoms with Crippen molar-refractivity contribution in [3.05, 3.63) is 22.2 Å². The van der Waals surface area contributed by atoms with E-state index >= 15 is 0 Å². The number of rotatable bonds is 5. The van der Waals surface area contributed by atoms with E-state index in [-0.39, 0.29) is 23.6 Å². The number of aromatic nitrogens is 1. The van der Waals surface area contributed by atoms with E-state index in [0.29, 0.717) is 31.6 Å². The van der Waals surface area contributed by atoms with Gasteiger partial charge in [-0.15, -0.1) is 0 Å². The molecule has 1 amide bonds. The van der Waals surface area contributed by atoms with Crippen molar-refractivity contribution in [3.63, 3.8) is 0 Å². The summed E-state index contributed by atoms with van der Waals surface area (Å²) in [5.41, 5.74) is -0.105. The van der Waals surface area contributed by atoms with E-state index in [4.69, 9.17) is 9.84 Å². The third kappa shape index (κ3) is 3.96. The van der Waals surface area contributed by atoms with Gasteiger partial charge in [-0.2, -0.15) is 4.98 Å². The van der Waals surface area contributed by atoms with Crippen LogP contribution in [0.5, 0.6) is 5.88 Å². The summed E-state index contributed by atoms with van der Waals surface area (Å²) in [6.45, 7) is 0. The zero-order chi connectivity index (χ0) is 16.1. The van der Waals surface area contributed by atoms with E-state index in [1.165, 1.54) is 19.2 Å². The molecule has 22 heavy (non-hydrogen) atoms. The van der Waals surface area contributed by atoms with Crippen LogP contribution in [0.3, 0.4) is 0 Å². The molecule has 1 aromatic heterocycles. The van der Waals surface area contributed by atoms with Gasteiger partial charge >= 0.3 is 11.8 Å². The predicted octanol–water partition coefficient (Wildman–Crippen LogP) is 1.99. The first-order valence-corrected chi connectivity index (χ1v) is 6.95. The second kappa shape index (κ2) is 6.92. The van der Waals surface area contributed by atoms with Crippen LogP contribution in [0.4, 0.5) is 16.3 Å². The predicted molar refractivity (Wildman–Crippen MR) is 78.3 cm³/mol. The van der Waals surface area contributed by atoms with Crippen LogP contribution in [0.25, 0.3) is 0 Å². The molecule has 120 valence electrons. The maximum atomic E-state index is 11.0. The van der Waals surface area contributed by atoms with Crippen LogP contribution in [0.2, 0.25) is 0 Å². The molecule has 0 atom stereocenters. The maximum Gasteiger partial charge on any atom is 0.404 e. The van der Waals surface area contributed by atoms with Gasteiger partial charge in [0.25, 0.3) is 0 Å². The van der Waals surface area contributed by atoms with Crippen LogP contribution in [-0.4, -0.2) is 40.3 Å². The molecule has 0 unspecified atom stereocenters. The van der Waals surface area contributed by atoms with Gasteiger partial charge in [-0.3, -0.25) is 10.1 Å². The molecule has 1 saturated carbocycles. The number of hydrogen-bond acceptors (Lipinski definition) is 6. The lowest BCUT2D eigenvalue weighted by Gasteiger charge is -2.29. The van der Waals surface area contributed by atoms with Crippen LogP contribution in [0.15, 0.2) is 12.1 Å². The number of carbonyl (C=O) groups is 1. The number of pyridine rings is 1. The lowest BCUT2D eigenvalue weighted by Crippen LogP contribution is -2.39. The molecule has 0 bridgehead atoms. The third-order valence-electron chi connectivity index (χ3n) is 3.65. The highest BCUT2D eigenvalue weighted by atomic mass is 16.6. The van der Waals surface area contributed by atoms with E-state index in [9.17, 15) is 14.9 Å². The van der Waals surface area contributed by atoms with Crippen LogP contribution in [0, 0.1) is 10.1 Å². The summed E-state index contributed by atoms with van der Waals surface area (Å²) in [6, 6.07) is 2.75. The highest BCUT2D eigenvalue weighted by Crippen LogP contribution is 2.28. The van der Waals surface area contributed by atoms with Crippen LogP contribution < -0.4 is 15.4 Å². The summed E-state index contributed by atoms with van der Waals surface area (Å²) < 4.78 is 4.99. The first-order valence-electron chi connectivity index (χ1n) is 6.95. The lowest BCUT2D eigenvalue weighted by molar-refractivity contribution is -0.384. The normalized spacial score (nSPS) is 21.0. The Bertz CT molecular complexity index is 557. The number of ether oxygens (including phenoxy) is 1. The quantitative estimate of drug-likeness (QED) is 0.560. The van der Waals surface area contributed by atoms with Gasteiger partial charge in [-0.1, -0.05) is 0 Å². The standard InChI is InChI=1S/C13H18N4O5/c1-22-11-7-6-10(17(20)21)12(16-11)14-8-2-4-9(5-3-8)15-13(18)19/h6-9,15H,2-5H2,1H3,(H,14,16)(H,18,19)/t8-,9-. The van der Waals surface area contributed by atoms with Gasteiger partial charge in [0, 0.05) is 24.2 Å². The molecule has 0 radical (unpaired) electrons. The Labute approximate surface area is 126 Å². The van der Waals surface area contributed by atoms with Gasteiger partial charge in [-0.05, 0) is 25.7 Å². The number of nitrogens with zero attached hydrogens (tertiary/aromatic N) is 2. The Kier molecular flexibility index (Phi) is 4.97. The van der Waals surface area contributed by atoms with Crippen molar-refractivity contribution in [1.82, 2.24) is 10.3 Å². The number of anilines is 1. The molecule has 9 heteroatoms. The molecule has 0 aromatic carbocycles. The second-order valence-electron chi connectivity index (χ2n) is 5.12. The van der Waals surface area contributed by atoms with Gasteiger partial charge in [0.2, 0.25) is 11.7 Å². The molecular formula is C13H18N4O5. The molecule has 2 rings (SSSR count). The Morgan fingerprint density at radius 1 is 1.36 bits per heavy atom. The summed E-state index contributed by atoms with van der Waals surface area (Å²) >= 11 is 0. The van der Waals surface area contributed by atoms with Gasteiger partial charge in [0.15, 0.2) is 0 Å². The Balaban J connectivity index is 2.02. The van der Waals surface area contributed by atoms with Gasteiger partial charge in [-0.25, -0.2) is 4.79 Å². The molecule has 3 N–H and O–H groups in total. The minimum atomic E-state index is -1.03. The van der Waals surface area contributed by atoms with Crippen molar-refractivity contribution in [1.29, 1.82) is 0 Å². The number of nitro groups is 1. The monoisotopic (exact) mass is 310 g/mol. The summed E-state index contributed by atoms with van der Waals surface area (Å²) in [5, 5.41) is 25.3. The highest BCUT2D eigenvalue weighted by molar-refractivity contribution is 5.64. The first kappa shape index (κ1) is 15.8. The molecule has 1 heterocycles. The Morgan fingerprint density at radius 3 is 2.55 bits per heavy atom. The zero-order valence-corrected chi connectivity index (χ0v) is 12.1. The molecule has 9 nitrogen and oxygen atoms in total. The van der Waals surface area contributed by atoms with Crippen molar-refractivity contribution >= 4 is 17.6 Å². The summed E-state index contributed by atoms with van der Waals surface area (Å²) in [5.74, 6) is 0.480. The summed E-state index contributed by atoms with van der Waals surface area (Å²) in [6.07, 6.45) is 1.76. The van der Waals surface area contributed by atoms with Crippen LogP contribution in [-0.2, 0) is 0 Å². The molecule has 0 aliphatic heterocycles. The Morgan fingerprint density at radius 2 is 2.00 bits per heavy atom. The van der Waals surface area contributed by atoms with Crippen molar-refractivity contribution in [2.45, 2.75) is 37.8 Å². The van der Waals surface area contributed by atoms with E-state index in [2.05, 4.69) is 15.6 Å². The third-order valence-corrected chi connectivity index (χ3v) is 3.65. The van der Waals surface area contributed by atoms with E-state index < -0.39 is 11.0 Å². The zero-order valence-electron chi connectivity index (χ0n) is 12.1. The fourth-order valence-electron chi connectivity index (χ4n) is 2.55. The smallest absolute Gasteiger partial charge is 0.404 e. The number of amides is 1. The van der Waals surface area contributed by atoms with Crippen molar-refractivity contribution < 1.29 is 19.6 Å². The summed E-state index contributed by atoms with van der Waals surface area (Å²) in [7, 11) is 1.45. The van der Waals surface area contributed by atoms with E-state index in [0.717, 1.165) is 0 Å². The van der Waals surface area contributed by atoms with Gasteiger partial charge in [0.1, 0.15) is 0 Å². The van der Waals surface area contributed by atoms with Crippen LogP contribution >= 0.6 is 0 Å². The molecule has 1 aliphatic rings. The van der Waals surface area contributed by atoms with Gasteiger partial charge in [0.05, 0.1) is 12.0 Å². The van der Waals surface area contributed by atoms with Gasteiger partial charge < -0.3 is 20.5 Å². The molecular weight excluding hydrogens is 292 g/mol. The highest BCUT2D eigenvalue weighted by Gasteiger charge is 2.25. The number of nitrogens with one attached hydrogen (secondary N) is 2. The summed E-state index contributed by atoms with van der Waals surface area (Å²) in [4.78, 5) is 25.2. The Hall–Kier alpha value is -2.58. The molecule has 1 fully saturated rings. The average molecular weight is 310 g/mol. The number of hydrogen-bond donors (Lipinski definition) is 3.